The lowest BCUT2D eigenvalue weighted by molar-refractivity contribution is -0.135. The van der Waals surface area contributed by atoms with E-state index in [0.29, 0.717) is 29.8 Å². The highest BCUT2D eigenvalue weighted by molar-refractivity contribution is 7.91. The van der Waals surface area contributed by atoms with Gasteiger partial charge in [-0.25, -0.2) is 13.1 Å². The van der Waals surface area contributed by atoms with E-state index in [9.17, 15) is 18.0 Å². The lowest BCUT2D eigenvalue weighted by Gasteiger charge is -2.21. The molecule has 1 aromatic carbocycles. The molecular formula is C22H27N3O6S. The van der Waals surface area contributed by atoms with Crippen LogP contribution < -0.4 is 4.74 Å². The number of ether oxygens (including phenoxy) is 1. The third-order valence-corrected chi connectivity index (χ3v) is 7.14. The van der Waals surface area contributed by atoms with Crippen molar-refractivity contribution in [3.63, 3.8) is 0 Å². The van der Waals surface area contributed by atoms with Crippen LogP contribution in [-0.4, -0.2) is 48.5 Å². The number of rotatable bonds is 8. The largest absolute Gasteiger partial charge is 0.407 e. The number of esters is 1. The molecular weight excluding hydrogens is 434 g/mol. The first-order valence-corrected chi connectivity index (χ1v) is 12.2. The quantitative estimate of drug-likeness (QED) is 0.337. The highest BCUT2D eigenvalue weighted by atomic mass is 32.2. The highest BCUT2D eigenvalue weighted by Crippen LogP contribution is 2.32. The first kappa shape index (κ1) is 23.6. The van der Waals surface area contributed by atoms with Crippen LogP contribution in [-0.2, 0) is 26.0 Å². The van der Waals surface area contributed by atoms with Crippen LogP contribution in [0.15, 0.2) is 28.4 Å². The van der Waals surface area contributed by atoms with Gasteiger partial charge in [-0.15, -0.1) is 0 Å². The number of hydrogen-bond acceptors (Lipinski definition) is 8. The zero-order chi connectivity index (χ0) is 23.5. The minimum absolute atomic E-state index is 0.0734. The van der Waals surface area contributed by atoms with E-state index in [-0.39, 0.29) is 40.5 Å². The van der Waals surface area contributed by atoms with Crippen molar-refractivity contribution in [3.05, 3.63) is 40.6 Å². The molecule has 0 fully saturated rings. The number of carbonyl (C=O) groups is 2. The molecule has 3 rings (SSSR count). The van der Waals surface area contributed by atoms with Crippen molar-refractivity contribution in [1.29, 1.82) is 0 Å². The van der Waals surface area contributed by atoms with Crippen molar-refractivity contribution in [2.75, 3.05) is 12.9 Å². The first-order valence-electron chi connectivity index (χ1n) is 10.5. The predicted octanol–water partition coefficient (Wildman–Crippen LogP) is 3.07. The summed E-state index contributed by atoms with van der Waals surface area (Å²) in [5.74, 6) is -0.827. The van der Waals surface area contributed by atoms with Crippen molar-refractivity contribution < 1.29 is 27.6 Å². The van der Waals surface area contributed by atoms with E-state index in [1.165, 1.54) is 30.1 Å². The van der Waals surface area contributed by atoms with E-state index < -0.39 is 21.6 Å². The fraction of sp³-hybridized carbons (Fsp3) is 0.455. The molecule has 0 radical (unpaired) electrons. The average molecular weight is 462 g/mol. The summed E-state index contributed by atoms with van der Waals surface area (Å²) < 4.78 is 32.1. The van der Waals surface area contributed by atoms with Gasteiger partial charge in [0.1, 0.15) is 12.7 Å². The lowest BCUT2D eigenvalue weighted by Crippen LogP contribution is -2.24. The van der Waals surface area contributed by atoms with Gasteiger partial charge in [0.05, 0.1) is 22.6 Å². The second-order valence-electron chi connectivity index (χ2n) is 7.49. The predicted molar refractivity (Wildman–Crippen MR) is 118 cm³/mol. The summed E-state index contributed by atoms with van der Waals surface area (Å²) in [6.07, 6.45) is 3.33. The third-order valence-electron chi connectivity index (χ3n) is 5.38. The zero-order valence-electron chi connectivity index (χ0n) is 18.7. The van der Waals surface area contributed by atoms with Crippen LogP contribution in [0.1, 0.15) is 66.6 Å². The number of nitrogens with zero attached hydrogens (tertiary/aromatic N) is 3. The molecule has 1 aliphatic heterocycles. The third kappa shape index (κ3) is 4.45. The molecule has 1 aliphatic rings. The Labute approximate surface area is 187 Å². The van der Waals surface area contributed by atoms with E-state index in [4.69, 9.17) is 9.57 Å². The molecule has 0 unspecified atom stereocenters. The van der Waals surface area contributed by atoms with Gasteiger partial charge in [-0.2, -0.15) is 5.10 Å². The average Bonchev–Trinajstić information content (AvgIpc) is 3.16. The summed E-state index contributed by atoms with van der Waals surface area (Å²) in [5, 5.41) is 8.16. The molecule has 0 spiro atoms. The highest BCUT2D eigenvalue weighted by Gasteiger charge is 2.32. The molecule has 10 heteroatoms. The van der Waals surface area contributed by atoms with Crippen LogP contribution in [0.3, 0.4) is 0 Å². The van der Waals surface area contributed by atoms with Gasteiger partial charge >= 0.3 is 5.97 Å². The van der Waals surface area contributed by atoms with E-state index in [1.807, 2.05) is 13.8 Å². The number of ketones is 1. The van der Waals surface area contributed by atoms with Gasteiger partial charge in [0.15, 0.2) is 15.6 Å². The Morgan fingerprint density at radius 1 is 1.22 bits per heavy atom. The first-order chi connectivity index (χ1) is 15.2. The summed E-state index contributed by atoms with van der Waals surface area (Å²) in [6.45, 7) is 5.89. The molecule has 0 amide bonds. The smallest absolute Gasteiger partial charge is 0.312 e. The van der Waals surface area contributed by atoms with E-state index >= 15 is 0 Å². The van der Waals surface area contributed by atoms with Gasteiger partial charge in [-0.05, 0) is 38.0 Å². The van der Waals surface area contributed by atoms with Crippen LogP contribution >= 0.6 is 0 Å². The molecule has 0 aliphatic carbocycles. The van der Waals surface area contributed by atoms with Crippen LogP contribution in [0.4, 0.5) is 0 Å². The maximum atomic E-state index is 13.5. The van der Waals surface area contributed by atoms with Crippen molar-refractivity contribution in [3.8, 4) is 5.88 Å². The molecule has 0 bridgehead atoms. The normalized spacial score (nSPS) is 15.9. The van der Waals surface area contributed by atoms with Crippen molar-refractivity contribution in [2.45, 2.75) is 57.9 Å². The van der Waals surface area contributed by atoms with Crippen LogP contribution in [0, 0.1) is 6.92 Å². The SMILES string of the molecule is CCCCC(=O)Oc1c(C(=O)c2ccc3c(c2C)/C(=N/OC)CCS3(=O)=O)cnn1CC. The summed E-state index contributed by atoms with van der Waals surface area (Å²) in [4.78, 5) is 30.7. The Balaban J connectivity index is 2.08. The lowest BCUT2D eigenvalue weighted by atomic mass is 9.93. The standard InChI is InChI=1S/C22H27N3O6S/c1-5-7-8-19(26)31-22-16(13-23-25(22)6-2)21(27)15-9-10-18-20(14(15)3)17(24-30-4)11-12-32(18,28)29/h9-10,13H,5-8,11-12H2,1-4H3/b24-17+. The van der Waals surface area contributed by atoms with Crippen molar-refractivity contribution in [2.24, 2.45) is 5.16 Å². The molecule has 0 atom stereocenters. The maximum Gasteiger partial charge on any atom is 0.312 e. The number of hydrogen-bond donors (Lipinski definition) is 0. The Kier molecular flexibility index (Phi) is 7.12. The number of unbranched alkanes of at least 4 members (excludes halogenated alkanes) is 1. The maximum absolute atomic E-state index is 13.5. The minimum atomic E-state index is -3.49. The van der Waals surface area contributed by atoms with E-state index in [0.717, 1.165) is 6.42 Å². The molecule has 32 heavy (non-hydrogen) atoms. The number of aryl methyl sites for hydroxylation is 1. The topological polar surface area (TPSA) is 117 Å². The Morgan fingerprint density at radius 3 is 2.62 bits per heavy atom. The Bertz CT molecular complexity index is 1180. The number of aromatic nitrogens is 2. The molecule has 2 aromatic rings. The molecule has 0 saturated carbocycles. The van der Waals surface area contributed by atoms with Crippen molar-refractivity contribution >= 4 is 27.3 Å². The van der Waals surface area contributed by atoms with Crippen LogP contribution in [0.2, 0.25) is 0 Å². The summed E-state index contributed by atoms with van der Waals surface area (Å²) in [6, 6.07) is 2.90. The van der Waals surface area contributed by atoms with Crippen molar-refractivity contribution in [1.82, 2.24) is 9.78 Å². The van der Waals surface area contributed by atoms with E-state index in [2.05, 4.69) is 10.3 Å². The van der Waals surface area contributed by atoms with Gasteiger partial charge in [0.25, 0.3) is 0 Å². The second kappa shape index (κ2) is 9.64. The Morgan fingerprint density at radius 2 is 1.97 bits per heavy atom. The van der Waals surface area contributed by atoms with Gasteiger partial charge in [-0.3, -0.25) is 9.59 Å². The summed E-state index contributed by atoms with van der Waals surface area (Å²) >= 11 is 0. The summed E-state index contributed by atoms with van der Waals surface area (Å²) in [7, 11) is -2.10. The molecule has 1 aromatic heterocycles. The van der Waals surface area contributed by atoms with Gasteiger partial charge in [0.2, 0.25) is 5.88 Å². The number of oxime groups is 1. The van der Waals surface area contributed by atoms with Gasteiger partial charge < -0.3 is 9.57 Å². The zero-order valence-corrected chi connectivity index (χ0v) is 19.5. The fourth-order valence-corrected chi connectivity index (χ4v) is 5.25. The molecule has 2 heterocycles. The number of carbonyl (C=O) groups excluding carboxylic acids is 2. The van der Waals surface area contributed by atoms with Gasteiger partial charge in [0, 0.05) is 30.5 Å². The molecule has 172 valence electrons. The Hall–Kier alpha value is -3.01. The van der Waals surface area contributed by atoms with Crippen LogP contribution in [0.25, 0.3) is 0 Å². The van der Waals surface area contributed by atoms with Crippen LogP contribution in [0.5, 0.6) is 5.88 Å². The number of fused-ring (bicyclic) bond motifs is 1. The monoisotopic (exact) mass is 461 g/mol. The molecule has 0 saturated heterocycles. The number of sulfone groups is 1. The molecule has 0 N–H and O–H groups in total. The number of benzene rings is 1. The minimum Gasteiger partial charge on any atom is -0.407 e. The second-order valence-corrected chi connectivity index (χ2v) is 9.56. The summed E-state index contributed by atoms with van der Waals surface area (Å²) in [5.41, 5.74) is 1.75. The van der Waals surface area contributed by atoms with E-state index in [1.54, 1.807) is 6.92 Å². The molecule has 9 nitrogen and oxygen atoms in total. The fourth-order valence-electron chi connectivity index (χ4n) is 3.71. The van der Waals surface area contributed by atoms with Gasteiger partial charge in [-0.1, -0.05) is 18.5 Å².